The average molecular weight is 235 g/mol. The Morgan fingerprint density at radius 1 is 1.19 bits per heavy atom. The molecule has 1 aromatic heterocycles. The lowest BCUT2D eigenvalue weighted by Crippen LogP contribution is -2.11. The Morgan fingerprint density at radius 3 is 2.44 bits per heavy atom. The highest BCUT2D eigenvalue weighted by atomic mass is 32.1. The first-order valence-electron chi connectivity index (χ1n) is 5.19. The minimum absolute atomic E-state index is 0.0139. The lowest BCUT2D eigenvalue weighted by molar-refractivity contribution is 0.573. The molecule has 0 radical (unpaired) electrons. The van der Waals surface area contributed by atoms with Crippen LogP contribution in [0.3, 0.4) is 0 Å². The van der Waals surface area contributed by atoms with E-state index < -0.39 is 0 Å². The molecule has 0 atom stereocenters. The third-order valence-corrected chi connectivity index (χ3v) is 3.25. The SMILES string of the molecule is CC(C)(C)c1csc(-c2ccccc2F)n1. The summed E-state index contributed by atoms with van der Waals surface area (Å²) in [6.45, 7) is 6.31. The molecule has 3 heteroatoms. The average Bonchev–Trinajstić information content (AvgIpc) is 2.66. The molecule has 0 aliphatic rings. The first kappa shape index (κ1) is 11.3. The van der Waals surface area contributed by atoms with Gasteiger partial charge in [-0.2, -0.15) is 0 Å². The van der Waals surface area contributed by atoms with Gasteiger partial charge in [0.15, 0.2) is 0 Å². The third-order valence-electron chi connectivity index (χ3n) is 2.38. The van der Waals surface area contributed by atoms with Crippen LogP contribution in [0.4, 0.5) is 4.39 Å². The molecule has 2 aromatic rings. The number of thiazole rings is 1. The van der Waals surface area contributed by atoms with Gasteiger partial charge in [0.05, 0.1) is 5.69 Å². The molecule has 0 amide bonds. The number of halogens is 1. The minimum atomic E-state index is -0.211. The molecular formula is C13H14FNS. The van der Waals surface area contributed by atoms with Crippen LogP contribution in [-0.2, 0) is 5.41 Å². The summed E-state index contributed by atoms with van der Waals surface area (Å²) in [5, 5.41) is 2.75. The van der Waals surface area contributed by atoms with Crippen molar-refractivity contribution < 1.29 is 4.39 Å². The molecule has 0 aliphatic heterocycles. The molecule has 2 rings (SSSR count). The quantitative estimate of drug-likeness (QED) is 0.720. The van der Waals surface area contributed by atoms with Crippen LogP contribution in [0.25, 0.3) is 10.6 Å². The lowest BCUT2D eigenvalue weighted by Gasteiger charge is -2.14. The molecule has 0 unspecified atom stereocenters. The van der Waals surface area contributed by atoms with Crippen molar-refractivity contribution in [3.8, 4) is 10.6 Å². The summed E-state index contributed by atoms with van der Waals surface area (Å²) >= 11 is 1.49. The van der Waals surface area contributed by atoms with Crippen LogP contribution < -0.4 is 0 Å². The van der Waals surface area contributed by atoms with Crippen molar-refractivity contribution >= 4 is 11.3 Å². The monoisotopic (exact) mass is 235 g/mol. The Morgan fingerprint density at radius 2 is 1.88 bits per heavy atom. The van der Waals surface area contributed by atoms with Gasteiger partial charge in [-0.05, 0) is 12.1 Å². The molecule has 84 valence electrons. The van der Waals surface area contributed by atoms with Gasteiger partial charge < -0.3 is 0 Å². The standard InChI is InChI=1S/C13H14FNS/c1-13(2,3)11-8-16-12(15-11)9-6-4-5-7-10(9)14/h4-8H,1-3H3. The number of rotatable bonds is 1. The van der Waals surface area contributed by atoms with E-state index in [1.807, 2.05) is 11.4 Å². The number of nitrogens with zero attached hydrogens (tertiary/aromatic N) is 1. The lowest BCUT2D eigenvalue weighted by atomic mass is 9.93. The normalized spacial score (nSPS) is 11.8. The highest BCUT2D eigenvalue weighted by molar-refractivity contribution is 7.13. The number of benzene rings is 1. The summed E-state index contributed by atoms with van der Waals surface area (Å²) in [5.74, 6) is -0.211. The summed E-state index contributed by atoms with van der Waals surface area (Å²) in [7, 11) is 0. The van der Waals surface area contributed by atoms with Crippen LogP contribution in [0.2, 0.25) is 0 Å². The molecule has 1 heterocycles. The summed E-state index contributed by atoms with van der Waals surface area (Å²) < 4.78 is 13.5. The zero-order chi connectivity index (χ0) is 11.8. The smallest absolute Gasteiger partial charge is 0.133 e. The van der Waals surface area contributed by atoms with E-state index in [4.69, 9.17) is 0 Å². The summed E-state index contributed by atoms with van der Waals surface area (Å²) in [6.07, 6.45) is 0. The zero-order valence-electron chi connectivity index (χ0n) is 9.62. The molecule has 1 aromatic carbocycles. The van der Waals surface area contributed by atoms with E-state index >= 15 is 0 Å². The van der Waals surface area contributed by atoms with Crippen LogP contribution in [0.5, 0.6) is 0 Å². The van der Waals surface area contributed by atoms with E-state index in [1.54, 1.807) is 12.1 Å². The Labute approximate surface area is 99.0 Å². The highest BCUT2D eigenvalue weighted by Gasteiger charge is 2.18. The van der Waals surface area contributed by atoms with E-state index in [0.717, 1.165) is 10.7 Å². The predicted octanol–water partition coefficient (Wildman–Crippen LogP) is 4.25. The highest BCUT2D eigenvalue weighted by Crippen LogP contribution is 2.30. The van der Waals surface area contributed by atoms with E-state index in [-0.39, 0.29) is 11.2 Å². The predicted molar refractivity (Wildman–Crippen MR) is 66.2 cm³/mol. The van der Waals surface area contributed by atoms with Gasteiger partial charge >= 0.3 is 0 Å². The second kappa shape index (κ2) is 3.98. The number of hydrogen-bond acceptors (Lipinski definition) is 2. The van der Waals surface area contributed by atoms with E-state index in [9.17, 15) is 4.39 Å². The van der Waals surface area contributed by atoms with Gasteiger partial charge in [-0.1, -0.05) is 32.9 Å². The van der Waals surface area contributed by atoms with Crippen LogP contribution in [-0.4, -0.2) is 4.98 Å². The van der Waals surface area contributed by atoms with Crippen molar-refractivity contribution in [3.63, 3.8) is 0 Å². The van der Waals surface area contributed by atoms with E-state index in [1.165, 1.54) is 17.4 Å². The van der Waals surface area contributed by atoms with Gasteiger partial charge in [-0.3, -0.25) is 0 Å². The van der Waals surface area contributed by atoms with Gasteiger partial charge in [-0.15, -0.1) is 11.3 Å². The molecule has 0 N–H and O–H groups in total. The van der Waals surface area contributed by atoms with Gasteiger partial charge in [0.1, 0.15) is 10.8 Å². The molecule has 0 aliphatic carbocycles. The third kappa shape index (κ3) is 2.14. The van der Waals surface area contributed by atoms with E-state index in [0.29, 0.717) is 5.56 Å². The molecular weight excluding hydrogens is 221 g/mol. The molecule has 1 nitrogen and oxygen atoms in total. The number of hydrogen-bond donors (Lipinski definition) is 0. The molecule has 0 spiro atoms. The summed E-state index contributed by atoms with van der Waals surface area (Å²) in [4.78, 5) is 4.49. The van der Waals surface area contributed by atoms with Crippen molar-refractivity contribution in [2.45, 2.75) is 26.2 Å². The second-order valence-electron chi connectivity index (χ2n) is 4.77. The fourth-order valence-electron chi connectivity index (χ4n) is 1.38. The zero-order valence-corrected chi connectivity index (χ0v) is 10.4. The Balaban J connectivity index is 2.44. The fraction of sp³-hybridized carbons (Fsp3) is 0.308. The molecule has 0 bridgehead atoms. The molecule has 16 heavy (non-hydrogen) atoms. The van der Waals surface area contributed by atoms with Crippen molar-refractivity contribution in [2.75, 3.05) is 0 Å². The molecule has 0 fully saturated rings. The van der Waals surface area contributed by atoms with Gasteiger partial charge in [0, 0.05) is 16.4 Å². The van der Waals surface area contributed by atoms with Gasteiger partial charge in [-0.25, -0.2) is 9.37 Å². The second-order valence-corrected chi connectivity index (χ2v) is 5.63. The largest absolute Gasteiger partial charge is 0.240 e. The maximum Gasteiger partial charge on any atom is 0.133 e. The Bertz CT molecular complexity index is 497. The first-order chi connectivity index (χ1) is 7.48. The van der Waals surface area contributed by atoms with Crippen LogP contribution in [0, 0.1) is 5.82 Å². The molecule has 0 saturated carbocycles. The Kier molecular flexibility index (Phi) is 2.80. The summed E-state index contributed by atoms with van der Waals surface area (Å²) in [5.41, 5.74) is 1.61. The van der Waals surface area contributed by atoms with Crippen molar-refractivity contribution in [1.29, 1.82) is 0 Å². The van der Waals surface area contributed by atoms with Crippen molar-refractivity contribution in [3.05, 3.63) is 41.2 Å². The topological polar surface area (TPSA) is 12.9 Å². The van der Waals surface area contributed by atoms with Crippen molar-refractivity contribution in [2.24, 2.45) is 0 Å². The minimum Gasteiger partial charge on any atom is -0.240 e. The maximum atomic E-state index is 13.5. The van der Waals surface area contributed by atoms with Crippen LogP contribution in [0.15, 0.2) is 29.6 Å². The number of aromatic nitrogens is 1. The first-order valence-corrected chi connectivity index (χ1v) is 6.07. The fourth-order valence-corrected chi connectivity index (χ4v) is 2.45. The van der Waals surface area contributed by atoms with Crippen LogP contribution in [0.1, 0.15) is 26.5 Å². The van der Waals surface area contributed by atoms with Gasteiger partial charge in [0.25, 0.3) is 0 Å². The Hall–Kier alpha value is -1.22. The van der Waals surface area contributed by atoms with E-state index in [2.05, 4.69) is 25.8 Å². The molecule has 0 saturated heterocycles. The van der Waals surface area contributed by atoms with Gasteiger partial charge in [0.2, 0.25) is 0 Å². The van der Waals surface area contributed by atoms with Crippen LogP contribution >= 0.6 is 11.3 Å². The van der Waals surface area contributed by atoms with Crippen molar-refractivity contribution in [1.82, 2.24) is 4.98 Å². The summed E-state index contributed by atoms with van der Waals surface area (Å²) in [6, 6.07) is 6.75. The maximum absolute atomic E-state index is 13.5.